The van der Waals surface area contributed by atoms with Crippen LogP contribution in [0.3, 0.4) is 0 Å². The third-order valence-electron chi connectivity index (χ3n) is 3.57. The summed E-state index contributed by atoms with van der Waals surface area (Å²) < 4.78 is 40.2. The van der Waals surface area contributed by atoms with Crippen molar-refractivity contribution < 1.29 is 18.0 Å². The zero-order valence-electron chi connectivity index (χ0n) is 14.1. The van der Waals surface area contributed by atoms with E-state index in [0.717, 1.165) is 17.7 Å². The number of amides is 1. The Hall–Kier alpha value is -3.49. The third-order valence-corrected chi connectivity index (χ3v) is 3.57. The summed E-state index contributed by atoms with van der Waals surface area (Å²) in [6.45, 7) is 1.82. The average molecular weight is 373 g/mol. The van der Waals surface area contributed by atoms with Crippen LogP contribution in [0.1, 0.15) is 21.9 Å². The lowest BCUT2D eigenvalue weighted by Crippen LogP contribution is -2.24. The Morgan fingerprint density at radius 1 is 1.04 bits per heavy atom. The van der Waals surface area contributed by atoms with E-state index in [4.69, 9.17) is 0 Å². The second kappa shape index (κ2) is 7.81. The highest BCUT2D eigenvalue weighted by atomic mass is 19.2. The molecule has 2 N–H and O–H groups in total. The van der Waals surface area contributed by atoms with E-state index in [0.29, 0.717) is 0 Å². The van der Waals surface area contributed by atoms with Gasteiger partial charge >= 0.3 is 0 Å². The van der Waals surface area contributed by atoms with Crippen LogP contribution in [0.15, 0.2) is 42.7 Å². The molecule has 3 rings (SSSR count). The minimum atomic E-state index is -1.60. The molecule has 27 heavy (non-hydrogen) atoms. The van der Waals surface area contributed by atoms with Gasteiger partial charge in [-0.3, -0.25) is 9.78 Å². The van der Waals surface area contributed by atoms with Gasteiger partial charge in [-0.25, -0.2) is 23.1 Å². The number of halogens is 3. The topological polar surface area (TPSA) is 79.8 Å². The summed E-state index contributed by atoms with van der Waals surface area (Å²) in [6, 6.07) is 6.62. The van der Waals surface area contributed by atoms with Gasteiger partial charge in [0.15, 0.2) is 17.5 Å². The zero-order valence-corrected chi connectivity index (χ0v) is 14.1. The maximum Gasteiger partial charge on any atom is 0.270 e. The van der Waals surface area contributed by atoms with Crippen LogP contribution in [-0.2, 0) is 6.54 Å². The minimum Gasteiger partial charge on any atom is -0.347 e. The van der Waals surface area contributed by atoms with E-state index < -0.39 is 23.4 Å². The number of aryl methyl sites for hydroxylation is 1. The second-order valence-electron chi connectivity index (χ2n) is 5.57. The molecule has 0 aliphatic heterocycles. The van der Waals surface area contributed by atoms with Crippen molar-refractivity contribution >= 4 is 17.4 Å². The Kier molecular flexibility index (Phi) is 5.30. The molecule has 138 valence electrons. The summed E-state index contributed by atoms with van der Waals surface area (Å²) in [5.41, 5.74) is 0.587. The van der Waals surface area contributed by atoms with E-state index in [1.165, 1.54) is 6.07 Å². The van der Waals surface area contributed by atoms with Crippen LogP contribution in [0, 0.1) is 24.4 Å². The summed E-state index contributed by atoms with van der Waals surface area (Å²) in [7, 11) is 0. The molecule has 0 atom stereocenters. The number of rotatable bonds is 5. The first kappa shape index (κ1) is 18.3. The van der Waals surface area contributed by atoms with Crippen molar-refractivity contribution in [2.24, 2.45) is 0 Å². The fraction of sp³-hybridized carbons (Fsp3) is 0.111. The number of benzene rings is 1. The smallest absolute Gasteiger partial charge is 0.270 e. The number of nitrogens with zero attached hydrogens (tertiary/aromatic N) is 3. The number of hydrogen-bond donors (Lipinski definition) is 2. The molecule has 0 saturated heterocycles. The molecule has 0 bridgehead atoms. The van der Waals surface area contributed by atoms with Gasteiger partial charge in [0.2, 0.25) is 0 Å². The molecule has 0 aliphatic carbocycles. The molecule has 9 heteroatoms. The fourth-order valence-corrected chi connectivity index (χ4v) is 2.28. The molecule has 1 aromatic carbocycles. The minimum absolute atomic E-state index is 0.0436. The maximum absolute atomic E-state index is 13.8. The van der Waals surface area contributed by atoms with Crippen molar-refractivity contribution in [2.45, 2.75) is 13.5 Å². The summed E-state index contributed by atoms with van der Waals surface area (Å²) >= 11 is 0. The van der Waals surface area contributed by atoms with Crippen molar-refractivity contribution in [3.63, 3.8) is 0 Å². The second-order valence-corrected chi connectivity index (χ2v) is 5.57. The quantitative estimate of drug-likeness (QED) is 0.671. The molecule has 6 nitrogen and oxygen atoms in total. The highest BCUT2D eigenvalue weighted by molar-refractivity contribution is 5.93. The number of anilines is 2. The Labute approximate surface area is 152 Å². The van der Waals surface area contributed by atoms with Crippen LogP contribution in [0.4, 0.5) is 24.7 Å². The molecular formula is C18H14F3N5O. The van der Waals surface area contributed by atoms with Crippen molar-refractivity contribution in [1.82, 2.24) is 20.3 Å². The molecule has 1 amide bonds. The van der Waals surface area contributed by atoms with E-state index >= 15 is 0 Å². The first-order valence-corrected chi connectivity index (χ1v) is 7.87. The first-order chi connectivity index (χ1) is 12.9. The number of carbonyl (C=O) groups is 1. The van der Waals surface area contributed by atoms with Gasteiger partial charge in [0, 0.05) is 25.0 Å². The Balaban J connectivity index is 1.78. The van der Waals surface area contributed by atoms with E-state index in [9.17, 15) is 18.0 Å². The molecule has 0 aliphatic rings. The fourth-order valence-electron chi connectivity index (χ4n) is 2.28. The van der Waals surface area contributed by atoms with Crippen LogP contribution in [0.5, 0.6) is 0 Å². The Morgan fingerprint density at radius 2 is 1.78 bits per heavy atom. The monoisotopic (exact) mass is 373 g/mol. The molecule has 0 saturated carbocycles. The van der Waals surface area contributed by atoms with Crippen molar-refractivity contribution in [1.29, 1.82) is 0 Å². The highest BCUT2D eigenvalue weighted by Crippen LogP contribution is 2.23. The van der Waals surface area contributed by atoms with Gasteiger partial charge in [-0.05, 0) is 36.8 Å². The van der Waals surface area contributed by atoms with E-state index in [1.54, 1.807) is 31.5 Å². The zero-order chi connectivity index (χ0) is 19.4. The van der Waals surface area contributed by atoms with E-state index in [2.05, 4.69) is 25.6 Å². The van der Waals surface area contributed by atoms with Crippen LogP contribution in [0.2, 0.25) is 0 Å². The number of pyridine rings is 1. The maximum atomic E-state index is 13.8. The predicted octanol–water partition coefficient (Wildman–Crippen LogP) is 3.27. The summed E-state index contributed by atoms with van der Waals surface area (Å²) in [5, 5.41) is 5.22. The highest BCUT2D eigenvalue weighted by Gasteiger charge is 2.15. The number of hydrogen-bond acceptors (Lipinski definition) is 5. The molecule has 3 aromatic rings. The Morgan fingerprint density at radius 3 is 2.52 bits per heavy atom. The molecular weight excluding hydrogens is 359 g/mol. The largest absolute Gasteiger partial charge is 0.347 e. The summed E-state index contributed by atoms with van der Waals surface area (Å²) in [5.74, 6) is -4.42. The number of aromatic nitrogens is 3. The predicted molar refractivity (Wildman–Crippen MR) is 91.8 cm³/mol. The molecule has 0 spiro atoms. The van der Waals surface area contributed by atoms with Gasteiger partial charge in [-0.1, -0.05) is 0 Å². The summed E-state index contributed by atoms with van der Waals surface area (Å²) in [4.78, 5) is 24.3. The average Bonchev–Trinajstić information content (AvgIpc) is 2.67. The summed E-state index contributed by atoms with van der Waals surface area (Å²) in [6.07, 6.45) is 3.21. The van der Waals surface area contributed by atoms with Crippen molar-refractivity contribution in [3.05, 3.63) is 77.3 Å². The SMILES string of the molecule is Cc1nc(Nc2ccc(F)c(F)c2F)cc(C(=O)NCc2ccncc2)n1. The number of nitrogens with one attached hydrogen (secondary N) is 2. The molecule has 2 heterocycles. The van der Waals surface area contributed by atoms with Crippen LogP contribution < -0.4 is 10.6 Å². The lowest BCUT2D eigenvalue weighted by Gasteiger charge is -2.10. The third kappa shape index (κ3) is 4.38. The van der Waals surface area contributed by atoms with Gasteiger partial charge in [0.05, 0.1) is 5.69 Å². The number of carbonyl (C=O) groups excluding carboxylic acids is 1. The van der Waals surface area contributed by atoms with Gasteiger partial charge in [-0.2, -0.15) is 0 Å². The Bertz CT molecular complexity index is 982. The van der Waals surface area contributed by atoms with Gasteiger partial charge in [0.1, 0.15) is 17.3 Å². The van der Waals surface area contributed by atoms with Crippen LogP contribution in [-0.4, -0.2) is 20.9 Å². The lowest BCUT2D eigenvalue weighted by molar-refractivity contribution is 0.0945. The van der Waals surface area contributed by atoms with Gasteiger partial charge in [-0.15, -0.1) is 0 Å². The van der Waals surface area contributed by atoms with Crippen LogP contribution >= 0.6 is 0 Å². The van der Waals surface area contributed by atoms with Crippen molar-refractivity contribution in [3.8, 4) is 0 Å². The first-order valence-electron chi connectivity index (χ1n) is 7.87. The molecule has 2 aromatic heterocycles. The molecule has 0 fully saturated rings. The normalized spacial score (nSPS) is 10.5. The molecule has 0 radical (unpaired) electrons. The lowest BCUT2D eigenvalue weighted by atomic mass is 10.2. The van der Waals surface area contributed by atoms with E-state index in [1.807, 2.05) is 0 Å². The van der Waals surface area contributed by atoms with E-state index in [-0.39, 0.29) is 29.6 Å². The van der Waals surface area contributed by atoms with Crippen LogP contribution in [0.25, 0.3) is 0 Å². The van der Waals surface area contributed by atoms with Gasteiger partial charge in [0.25, 0.3) is 5.91 Å². The van der Waals surface area contributed by atoms with Crippen molar-refractivity contribution in [2.75, 3.05) is 5.32 Å². The van der Waals surface area contributed by atoms with Gasteiger partial charge < -0.3 is 10.6 Å². The standard InChI is InChI=1S/C18H14F3N5O/c1-10-24-14(18(27)23-9-11-4-6-22-7-5-11)8-15(25-10)26-13-3-2-12(19)16(20)17(13)21/h2-8H,9H2,1H3,(H,23,27)(H,24,25,26). The molecule has 0 unspecified atom stereocenters.